The molecule has 1 aliphatic rings. The summed E-state index contributed by atoms with van der Waals surface area (Å²) in [6, 6.07) is 0.866. The van der Waals surface area contributed by atoms with Crippen molar-refractivity contribution in [3.05, 3.63) is 0 Å². The number of rotatable bonds is 7. The minimum atomic E-state index is -3.15. The van der Waals surface area contributed by atoms with E-state index in [0.717, 1.165) is 13.1 Å². The molecule has 0 aromatic rings. The Bertz CT molecular complexity index is 327. The van der Waals surface area contributed by atoms with Gasteiger partial charge in [0.25, 0.3) is 0 Å². The largest absolute Gasteiger partial charge is 0.315 e. The lowest BCUT2D eigenvalue weighted by atomic mass is 10.2. The first kappa shape index (κ1) is 15.9. The summed E-state index contributed by atoms with van der Waals surface area (Å²) in [6.45, 7) is 11.2. The Balaban J connectivity index is 2.40. The molecule has 1 heterocycles. The second kappa shape index (κ2) is 6.84. The average Bonchev–Trinajstić information content (AvgIpc) is 2.76. The van der Waals surface area contributed by atoms with Gasteiger partial charge in [0.05, 0.1) is 5.25 Å². The maximum absolute atomic E-state index is 12.0. The van der Waals surface area contributed by atoms with Gasteiger partial charge in [0.1, 0.15) is 0 Å². The third-order valence-electron chi connectivity index (χ3n) is 3.45. The van der Waals surface area contributed by atoms with E-state index in [0.29, 0.717) is 31.6 Å². The molecule has 0 aliphatic carbocycles. The Morgan fingerprint density at radius 1 is 1.28 bits per heavy atom. The van der Waals surface area contributed by atoms with Crippen molar-refractivity contribution < 1.29 is 8.42 Å². The van der Waals surface area contributed by atoms with Gasteiger partial charge in [-0.15, -0.1) is 0 Å². The van der Waals surface area contributed by atoms with Crippen LogP contribution in [0.2, 0.25) is 0 Å². The van der Waals surface area contributed by atoms with Crippen LogP contribution in [0.4, 0.5) is 0 Å². The van der Waals surface area contributed by atoms with Gasteiger partial charge in [-0.1, -0.05) is 0 Å². The summed E-state index contributed by atoms with van der Waals surface area (Å²) in [5.74, 6) is 0. The van der Waals surface area contributed by atoms with E-state index in [-0.39, 0.29) is 5.25 Å². The van der Waals surface area contributed by atoms with E-state index >= 15 is 0 Å². The Hall–Kier alpha value is -0.170. The minimum absolute atomic E-state index is 0.260. The zero-order valence-electron chi connectivity index (χ0n) is 11.9. The topological polar surface area (TPSA) is 61.4 Å². The fraction of sp³-hybridized carbons (Fsp3) is 1.00. The van der Waals surface area contributed by atoms with Crippen LogP contribution in [0.1, 0.15) is 34.1 Å². The molecule has 1 aliphatic heterocycles. The van der Waals surface area contributed by atoms with Crippen molar-refractivity contribution >= 4 is 10.0 Å². The molecule has 1 unspecified atom stereocenters. The standard InChI is InChI=1S/C12H27N3O2S/c1-10(2)15(11(3)4)8-7-14-18(16,17)12-5-6-13-9-12/h10-14H,5-9H2,1-4H3. The van der Waals surface area contributed by atoms with Gasteiger partial charge in [-0.2, -0.15) is 0 Å². The predicted octanol–water partition coefficient (Wildman–Crippen LogP) is 0.387. The van der Waals surface area contributed by atoms with Crippen molar-refractivity contribution in [2.75, 3.05) is 26.2 Å². The number of sulfonamides is 1. The van der Waals surface area contributed by atoms with Crippen molar-refractivity contribution in [3.8, 4) is 0 Å². The smallest absolute Gasteiger partial charge is 0.215 e. The van der Waals surface area contributed by atoms with E-state index in [9.17, 15) is 8.42 Å². The third kappa shape index (κ3) is 4.50. The van der Waals surface area contributed by atoms with Gasteiger partial charge < -0.3 is 5.32 Å². The van der Waals surface area contributed by atoms with Gasteiger partial charge in [-0.05, 0) is 40.7 Å². The van der Waals surface area contributed by atoms with Gasteiger partial charge in [0.15, 0.2) is 0 Å². The second-order valence-electron chi connectivity index (χ2n) is 5.48. The molecule has 0 saturated carbocycles. The van der Waals surface area contributed by atoms with Gasteiger partial charge >= 0.3 is 0 Å². The van der Waals surface area contributed by atoms with E-state index in [2.05, 4.69) is 42.6 Å². The van der Waals surface area contributed by atoms with Crippen molar-refractivity contribution in [2.45, 2.75) is 51.4 Å². The molecule has 0 aromatic heterocycles. The second-order valence-corrected chi connectivity index (χ2v) is 7.52. The van der Waals surface area contributed by atoms with Crippen LogP contribution in [-0.4, -0.2) is 56.8 Å². The highest BCUT2D eigenvalue weighted by Crippen LogP contribution is 2.08. The Labute approximate surface area is 111 Å². The molecule has 0 spiro atoms. The van der Waals surface area contributed by atoms with Crippen LogP contribution in [0.5, 0.6) is 0 Å². The molecule has 1 atom stereocenters. The minimum Gasteiger partial charge on any atom is -0.315 e. The van der Waals surface area contributed by atoms with Crippen LogP contribution in [0.25, 0.3) is 0 Å². The quantitative estimate of drug-likeness (QED) is 0.706. The zero-order valence-corrected chi connectivity index (χ0v) is 12.8. The Morgan fingerprint density at radius 3 is 2.33 bits per heavy atom. The van der Waals surface area contributed by atoms with E-state index in [1.807, 2.05) is 0 Å². The van der Waals surface area contributed by atoms with Crippen LogP contribution < -0.4 is 10.0 Å². The number of hydrogen-bond donors (Lipinski definition) is 2. The first-order valence-electron chi connectivity index (χ1n) is 6.79. The lowest BCUT2D eigenvalue weighted by Gasteiger charge is -2.30. The summed E-state index contributed by atoms with van der Waals surface area (Å²) >= 11 is 0. The summed E-state index contributed by atoms with van der Waals surface area (Å²) in [5.41, 5.74) is 0. The highest BCUT2D eigenvalue weighted by Gasteiger charge is 2.28. The first-order chi connectivity index (χ1) is 8.34. The van der Waals surface area contributed by atoms with Crippen LogP contribution in [0.3, 0.4) is 0 Å². The van der Waals surface area contributed by atoms with Crippen molar-refractivity contribution in [3.63, 3.8) is 0 Å². The summed E-state index contributed by atoms with van der Waals surface area (Å²) in [4.78, 5) is 2.29. The molecule has 1 rings (SSSR count). The van der Waals surface area contributed by atoms with Gasteiger partial charge in [0.2, 0.25) is 10.0 Å². The average molecular weight is 277 g/mol. The molecule has 6 heteroatoms. The number of nitrogens with zero attached hydrogens (tertiary/aromatic N) is 1. The third-order valence-corrected chi connectivity index (χ3v) is 5.34. The monoisotopic (exact) mass is 277 g/mol. The Kier molecular flexibility index (Phi) is 6.04. The predicted molar refractivity (Wildman–Crippen MR) is 75.2 cm³/mol. The van der Waals surface area contributed by atoms with E-state index in [1.54, 1.807) is 0 Å². The van der Waals surface area contributed by atoms with Gasteiger partial charge in [-0.25, -0.2) is 13.1 Å². The molecule has 18 heavy (non-hydrogen) atoms. The van der Waals surface area contributed by atoms with Gasteiger partial charge in [-0.3, -0.25) is 4.90 Å². The van der Waals surface area contributed by atoms with Crippen LogP contribution in [0.15, 0.2) is 0 Å². The van der Waals surface area contributed by atoms with Crippen LogP contribution in [0, 0.1) is 0 Å². The number of hydrogen-bond acceptors (Lipinski definition) is 4. The highest BCUT2D eigenvalue weighted by molar-refractivity contribution is 7.90. The summed E-state index contributed by atoms with van der Waals surface area (Å²) in [6.07, 6.45) is 0.716. The molecule has 2 N–H and O–H groups in total. The lowest BCUT2D eigenvalue weighted by molar-refractivity contribution is 0.179. The highest BCUT2D eigenvalue weighted by atomic mass is 32.2. The molecule has 1 fully saturated rings. The van der Waals surface area contributed by atoms with Crippen molar-refractivity contribution in [1.82, 2.24) is 14.9 Å². The normalized spacial score (nSPS) is 21.4. The van der Waals surface area contributed by atoms with E-state index in [1.165, 1.54) is 0 Å². The molecular weight excluding hydrogens is 250 g/mol. The molecule has 1 saturated heterocycles. The maximum atomic E-state index is 12.0. The molecule has 0 aromatic carbocycles. The zero-order chi connectivity index (χ0) is 13.8. The van der Waals surface area contributed by atoms with Gasteiger partial charge in [0, 0.05) is 31.7 Å². The molecule has 0 bridgehead atoms. The first-order valence-corrected chi connectivity index (χ1v) is 8.34. The van der Waals surface area contributed by atoms with Crippen molar-refractivity contribution in [2.24, 2.45) is 0 Å². The summed E-state index contributed by atoms with van der Waals surface area (Å²) < 4.78 is 26.7. The fourth-order valence-electron chi connectivity index (χ4n) is 2.44. The lowest BCUT2D eigenvalue weighted by Crippen LogP contribution is -2.44. The van der Waals surface area contributed by atoms with Crippen LogP contribution >= 0.6 is 0 Å². The molecule has 108 valence electrons. The van der Waals surface area contributed by atoms with E-state index < -0.39 is 10.0 Å². The van der Waals surface area contributed by atoms with Crippen LogP contribution in [-0.2, 0) is 10.0 Å². The summed E-state index contributed by atoms with van der Waals surface area (Å²) in [7, 11) is -3.15. The molecule has 0 amide bonds. The Morgan fingerprint density at radius 2 is 1.89 bits per heavy atom. The SMILES string of the molecule is CC(C)N(CCNS(=O)(=O)C1CCNC1)C(C)C. The number of nitrogens with one attached hydrogen (secondary N) is 2. The summed E-state index contributed by atoms with van der Waals surface area (Å²) in [5, 5.41) is 2.82. The van der Waals surface area contributed by atoms with Crippen molar-refractivity contribution in [1.29, 1.82) is 0 Å². The molecule has 0 radical (unpaired) electrons. The molecular formula is C12H27N3O2S. The van der Waals surface area contributed by atoms with E-state index in [4.69, 9.17) is 0 Å². The maximum Gasteiger partial charge on any atom is 0.215 e. The fourth-order valence-corrected chi connectivity index (χ4v) is 3.82. The molecule has 5 nitrogen and oxygen atoms in total.